The molecular weight excluding hydrogens is 314 g/mol. The maximum absolute atomic E-state index is 11.7. The third-order valence-corrected chi connectivity index (χ3v) is 3.41. The number of hydrogen-bond acceptors (Lipinski definition) is 3. The summed E-state index contributed by atoms with van der Waals surface area (Å²) < 4.78 is 5.65. The van der Waals surface area contributed by atoms with Crippen molar-refractivity contribution in [3.05, 3.63) is 22.6 Å². The smallest absolute Gasteiger partial charge is 0.303 e. The summed E-state index contributed by atoms with van der Waals surface area (Å²) >= 11 is 3.13. The van der Waals surface area contributed by atoms with E-state index >= 15 is 0 Å². The number of carboxylic acid groups (broad SMARTS) is 1. The first-order chi connectivity index (χ1) is 9.02. The van der Waals surface area contributed by atoms with Crippen molar-refractivity contribution in [2.75, 3.05) is 6.54 Å². The highest BCUT2D eigenvalue weighted by Gasteiger charge is 2.12. The number of carbonyl (C=O) groups excluding carboxylic acids is 1. The van der Waals surface area contributed by atoms with Crippen molar-refractivity contribution in [1.29, 1.82) is 0 Å². The molecule has 0 aliphatic rings. The topological polar surface area (TPSA) is 79.5 Å². The molecule has 0 saturated carbocycles. The number of hydrogen-bond donors (Lipinski definition) is 2. The molecule has 6 heteroatoms. The fourth-order valence-corrected chi connectivity index (χ4v) is 2.10. The Morgan fingerprint density at radius 2 is 2.16 bits per heavy atom. The lowest BCUT2D eigenvalue weighted by Gasteiger charge is -2.13. The molecule has 1 rings (SSSR count). The van der Waals surface area contributed by atoms with E-state index in [1.165, 1.54) is 0 Å². The average Bonchev–Trinajstić information content (AvgIpc) is 2.79. The summed E-state index contributed by atoms with van der Waals surface area (Å²) in [6.07, 6.45) is 2.51. The first-order valence-electron chi connectivity index (χ1n) is 6.28. The van der Waals surface area contributed by atoms with E-state index in [0.717, 1.165) is 12.8 Å². The Kier molecular flexibility index (Phi) is 6.62. The highest BCUT2D eigenvalue weighted by molar-refractivity contribution is 9.10. The molecular formula is C13H18BrNO4. The molecule has 1 atom stereocenters. The summed E-state index contributed by atoms with van der Waals surface area (Å²) in [6, 6.07) is 3.26. The van der Waals surface area contributed by atoms with Crippen molar-refractivity contribution in [2.45, 2.75) is 32.6 Å². The van der Waals surface area contributed by atoms with Crippen LogP contribution in [-0.4, -0.2) is 23.5 Å². The molecule has 106 valence electrons. The summed E-state index contributed by atoms with van der Waals surface area (Å²) in [4.78, 5) is 22.2. The van der Waals surface area contributed by atoms with Gasteiger partial charge in [0, 0.05) is 13.0 Å². The Bertz CT molecular complexity index is 430. The summed E-state index contributed by atoms with van der Waals surface area (Å²) in [5.74, 6) is -0.438. The van der Waals surface area contributed by atoms with Crippen molar-refractivity contribution in [2.24, 2.45) is 5.92 Å². The van der Waals surface area contributed by atoms with Crippen molar-refractivity contribution >= 4 is 27.8 Å². The Balaban J connectivity index is 2.28. The second-order valence-corrected chi connectivity index (χ2v) is 5.14. The Morgan fingerprint density at radius 3 is 2.68 bits per heavy atom. The zero-order chi connectivity index (χ0) is 14.3. The van der Waals surface area contributed by atoms with Crippen LogP contribution in [0.3, 0.4) is 0 Å². The number of aliphatic carboxylic acids is 1. The van der Waals surface area contributed by atoms with E-state index in [0.29, 0.717) is 23.6 Å². The largest absolute Gasteiger partial charge is 0.481 e. The number of furan rings is 1. The zero-order valence-corrected chi connectivity index (χ0v) is 12.4. The minimum Gasteiger partial charge on any atom is -0.481 e. The van der Waals surface area contributed by atoms with Crippen LogP contribution in [0.25, 0.3) is 0 Å². The molecule has 2 N–H and O–H groups in total. The van der Waals surface area contributed by atoms with Crippen LogP contribution in [0, 0.1) is 5.92 Å². The van der Waals surface area contributed by atoms with Crippen LogP contribution < -0.4 is 5.32 Å². The number of rotatable bonds is 8. The van der Waals surface area contributed by atoms with E-state index < -0.39 is 5.97 Å². The molecule has 1 heterocycles. The van der Waals surface area contributed by atoms with E-state index in [-0.39, 0.29) is 18.1 Å². The molecule has 0 aromatic carbocycles. The molecule has 0 bridgehead atoms. The Labute approximate surface area is 120 Å². The van der Waals surface area contributed by atoms with Crippen LogP contribution in [0.1, 0.15) is 43.2 Å². The number of nitrogens with one attached hydrogen (secondary N) is 1. The fourth-order valence-electron chi connectivity index (χ4n) is 1.79. The third kappa shape index (κ3) is 5.92. The summed E-state index contributed by atoms with van der Waals surface area (Å²) in [5, 5.41) is 11.4. The van der Waals surface area contributed by atoms with Gasteiger partial charge in [0.15, 0.2) is 10.4 Å². The molecule has 1 aromatic heterocycles. The van der Waals surface area contributed by atoms with Crippen LogP contribution in [0.5, 0.6) is 0 Å². The van der Waals surface area contributed by atoms with Crippen LogP contribution in [-0.2, 0) is 4.79 Å². The van der Waals surface area contributed by atoms with Gasteiger partial charge in [0.25, 0.3) is 5.91 Å². The van der Waals surface area contributed by atoms with Gasteiger partial charge in [-0.3, -0.25) is 9.59 Å². The molecule has 0 aliphatic heterocycles. The lowest BCUT2D eigenvalue weighted by atomic mass is 9.97. The predicted octanol–water partition coefficient (Wildman–Crippen LogP) is 3.05. The van der Waals surface area contributed by atoms with Gasteiger partial charge in [0.05, 0.1) is 0 Å². The van der Waals surface area contributed by atoms with Crippen molar-refractivity contribution in [3.63, 3.8) is 0 Å². The number of halogens is 1. The van der Waals surface area contributed by atoms with Crippen LogP contribution in [0.4, 0.5) is 0 Å². The second kappa shape index (κ2) is 7.99. The van der Waals surface area contributed by atoms with Gasteiger partial charge in [-0.05, 0) is 46.8 Å². The van der Waals surface area contributed by atoms with E-state index in [1.54, 1.807) is 12.1 Å². The highest BCUT2D eigenvalue weighted by atomic mass is 79.9. The molecule has 1 amide bonds. The Morgan fingerprint density at radius 1 is 1.42 bits per heavy atom. The number of carbonyl (C=O) groups is 2. The van der Waals surface area contributed by atoms with E-state index in [4.69, 9.17) is 9.52 Å². The van der Waals surface area contributed by atoms with Crippen LogP contribution in [0.2, 0.25) is 0 Å². The normalized spacial score (nSPS) is 12.1. The molecule has 1 unspecified atom stereocenters. The fraction of sp³-hybridized carbons (Fsp3) is 0.538. The van der Waals surface area contributed by atoms with Gasteiger partial charge >= 0.3 is 5.97 Å². The van der Waals surface area contributed by atoms with Crippen LogP contribution >= 0.6 is 15.9 Å². The minimum atomic E-state index is -0.775. The van der Waals surface area contributed by atoms with Crippen molar-refractivity contribution in [1.82, 2.24) is 5.32 Å². The van der Waals surface area contributed by atoms with E-state index in [2.05, 4.69) is 21.2 Å². The van der Waals surface area contributed by atoms with E-state index in [1.807, 2.05) is 6.92 Å². The number of carboxylic acids is 1. The lowest BCUT2D eigenvalue weighted by Crippen LogP contribution is -2.25. The maximum Gasteiger partial charge on any atom is 0.303 e. The molecule has 19 heavy (non-hydrogen) atoms. The molecule has 0 aliphatic carbocycles. The van der Waals surface area contributed by atoms with Gasteiger partial charge in [0.1, 0.15) is 0 Å². The molecule has 5 nitrogen and oxygen atoms in total. The van der Waals surface area contributed by atoms with Gasteiger partial charge < -0.3 is 14.8 Å². The van der Waals surface area contributed by atoms with E-state index in [9.17, 15) is 9.59 Å². The average molecular weight is 332 g/mol. The SMILES string of the molecule is CCC(CCNC(=O)c1ccc(Br)o1)CCC(=O)O. The van der Waals surface area contributed by atoms with Gasteiger partial charge in [-0.1, -0.05) is 13.3 Å². The molecule has 0 radical (unpaired) electrons. The van der Waals surface area contributed by atoms with Gasteiger partial charge in [-0.15, -0.1) is 0 Å². The zero-order valence-electron chi connectivity index (χ0n) is 10.8. The summed E-state index contributed by atoms with van der Waals surface area (Å²) in [7, 11) is 0. The third-order valence-electron chi connectivity index (χ3n) is 2.98. The van der Waals surface area contributed by atoms with Crippen molar-refractivity contribution < 1.29 is 19.1 Å². The quantitative estimate of drug-likeness (QED) is 0.767. The standard InChI is InChI=1S/C13H18BrNO4/c1-2-9(3-6-12(16)17)7-8-15-13(18)10-4-5-11(14)19-10/h4-5,9H,2-3,6-8H2,1H3,(H,15,18)(H,16,17). The maximum atomic E-state index is 11.7. The predicted molar refractivity (Wildman–Crippen MR) is 74.0 cm³/mol. The molecule has 0 spiro atoms. The first kappa shape index (κ1) is 15.8. The Hall–Kier alpha value is -1.30. The van der Waals surface area contributed by atoms with Crippen LogP contribution in [0.15, 0.2) is 21.2 Å². The second-order valence-electron chi connectivity index (χ2n) is 4.36. The minimum absolute atomic E-state index is 0.178. The molecule has 1 aromatic rings. The summed E-state index contributed by atoms with van der Waals surface area (Å²) in [5.41, 5.74) is 0. The molecule has 0 fully saturated rings. The first-order valence-corrected chi connectivity index (χ1v) is 7.07. The summed E-state index contributed by atoms with van der Waals surface area (Å²) in [6.45, 7) is 2.55. The van der Waals surface area contributed by atoms with Crippen molar-refractivity contribution in [3.8, 4) is 0 Å². The number of amides is 1. The van der Waals surface area contributed by atoms with Gasteiger partial charge in [-0.25, -0.2) is 0 Å². The molecule has 0 saturated heterocycles. The van der Waals surface area contributed by atoms with Gasteiger partial charge in [0.2, 0.25) is 0 Å². The van der Waals surface area contributed by atoms with Gasteiger partial charge in [-0.2, -0.15) is 0 Å². The lowest BCUT2D eigenvalue weighted by molar-refractivity contribution is -0.137. The monoisotopic (exact) mass is 331 g/mol. The highest BCUT2D eigenvalue weighted by Crippen LogP contribution is 2.16.